The minimum absolute atomic E-state index is 0.0229. The number of phenols is 1. The molecular formula is C21H23NO5. The standard InChI is InChI=1S/C21H23NO5/c1-6-22-19(13-7-8-15(25-3)16(9-13)26-4)12(2)18-14(11-23)10-17(27-5)21(24)20(18)22/h7-11,24H,6H2,1-5H3. The largest absolute Gasteiger partial charge is 0.503 e. The first kappa shape index (κ1) is 18.6. The van der Waals surface area contributed by atoms with Gasteiger partial charge in [0.15, 0.2) is 29.3 Å². The summed E-state index contributed by atoms with van der Waals surface area (Å²) in [6.07, 6.45) is 0.787. The summed E-state index contributed by atoms with van der Waals surface area (Å²) >= 11 is 0. The number of hydrogen-bond donors (Lipinski definition) is 1. The number of carbonyl (C=O) groups excluding carboxylic acids is 1. The Morgan fingerprint density at radius 1 is 1.04 bits per heavy atom. The van der Waals surface area contributed by atoms with E-state index in [4.69, 9.17) is 14.2 Å². The molecule has 0 fully saturated rings. The van der Waals surface area contributed by atoms with Crippen LogP contribution in [0.25, 0.3) is 22.2 Å². The van der Waals surface area contributed by atoms with Gasteiger partial charge in [-0.1, -0.05) is 0 Å². The van der Waals surface area contributed by atoms with E-state index in [-0.39, 0.29) is 11.5 Å². The SMILES string of the molecule is CCn1c(-c2ccc(OC)c(OC)c2)c(C)c2c(C=O)cc(OC)c(O)c21. The van der Waals surface area contributed by atoms with Crippen LogP contribution in [0.3, 0.4) is 0 Å². The predicted molar refractivity (Wildman–Crippen MR) is 104 cm³/mol. The van der Waals surface area contributed by atoms with E-state index in [0.29, 0.717) is 29.1 Å². The zero-order chi connectivity index (χ0) is 19.7. The van der Waals surface area contributed by atoms with Gasteiger partial charge in [0.2, 0.25) is 0 Å². The Labute approximate surface area is 157 Å². The number of aromatic hydroxyl groups is 1. The highest BCUT2D eigenvalue weighted by Gasteiger charge is 2.23. The average molecular weight is 369 g/mol. The lowest BCUT2D eigenvalue weighted by Gasteiger charge is -2.13. The Kier molecular flexibility index (Phi) is 4.99. The van der Waals surface area contributed by atoms with Crippen LogP contribution in [0.5, 0.6) is 23.0 Å². The zero-order valence-electron chi connectivity index (χ0n) is 16.1. The van der Waals surface area contributed by atoms with Gasteiger partial charge >= 0.3 is 0 Å². The second kappa shape index (κ2) is 7.23. The van der Waals surface area contributed by atoms with Gasteiger partial charge in [0.1, 0.15) is 0 Å². The second-order valence-electron chi connectivity index (χ2n) is 6.15. The summed E-state index contributed by atoms with van der Waals surface area (Å²) in [7, 11) is 4.65. The number of carbonyl (C=O) groups is 1. The van der Waals surface area contributed by atoms with Gasteiger partial charge in [0.25, 0.3) is 0 Å². The van der Waals surface area contributed by atoms with Crippen molar-refractivity contribution in [2.24, 2.45) is 0 Å². The van der Waals surface area contributed by atoms with Crippen LogP contribution in [0.4, 0.5) is 0 Å². The van der Waals surface area contributed by atoms with Crippen LogP contribution in [-0.4, -0.2) is 37.3 Å². The van der Waals surface area contributed by atoms with E-state index in [1.54, 1.807) is 20.3 Å². The molecule has 0 aliphatic rings. The van der Waals surface area contributed by atoms with Gasteiger partial charge in [-0.25, -0.2) is 0 Å². The summed E-state index contributed by atoms with van der Waals surface area (Å²) < 4.78 is 18.0. The molecule has 0 saturated heterocycles. The molecule has 1 heterocycles. The molecule has 0 unspecified atom stereocenters. The first-order valence-corrected chi connectivity index (χ1v) is 8.62. The van der Waals surface area contributed by atoms with Crippen molar-refractivity contribution in [3.63, 3.8) is 0 Å². The molecule has 6 heteroatoms. The second-order valence-corrected chi connectivity index (χ2v) is 6.15. The molecule has 142 valence electrons. The summed E-state index contributed by atoms with van der Waals surface area (Å²) in [5.41, 5.74) is 3.77. The summed E-state index contributed by atoms with van der Waals surface area (Å²) in [6.45, 7) is 4.54. The molecule has 0 bridgehead atoms. The predicted octanol–water partition coefficient (Wildman–Crippen LogP) is 4.18. The minimum Gasteiger partial charge on any atom is -0.503 e. The molecule has 3 aromatic rings. The number of aromatic nitrogens is 1. The van der Waals surface area contributed by atoms with Crippen molar-refractivity contribution in [3.05, 3.63) is 35.4 Å². The van der Waals surface area contributed by atoms with Gasteiger partial charge in [-0.3, -0.25) is 4.79 Å². The Morgan fingerprint density at radius 2 is 1.70 bits per heavy atom. The highest BCUT2D eigenvalue weighted by molar-refractivity contribution is 6.06. The summed E-state index contributed by atoms with van der Waals surface area (Å²) in [5.74, 6) is 1.54. The molecule has 1 aromatic heterocycles. The fraction of sp³-hybridized carbons (Fsp3) is 0.286. The monoisotopic (exact) mass is 369 g/mol. The maximum Gasteiger partial charge on any atom is 0.182 e. The first-order valence-electron chi connectivity index (χ1n) is 8.62. The van der Waals surface area contributed by atoms with Crippen LogP contribution in [0.15, 0.2) is 24.3 Å². The lowest BCUT2D eigenvalue weighted by atomic mass is 10.0. The van der Waals surface area contributed by atoms with Crippen molar-refractivity contribution in [2.75, 3.05) is 21.3 Å². The number of benzene rings is 2. The van der Waals surface area contributed by atoms with E-state index in [0.717, 1.165) is 28.5 Å². The molecule has 27 heavy (non-hydrogen) atoms. The average Bonchev–Trinajstić information content (AvgIpc) is 3.00. The molecule has 3 rings (SSSR count). The fourth-order valence-electron chi connectivity index (χ4n) is 3.66. The number of aldehydes is 1. The van der Waals surface area contributed by atoms with Crippen molar-refractivity contribution < 1.29 is 24.1 Å². The quantitative estimate of drug-likeness (QED) is 0.660. The van der Waals surface area contributed by atoms with E-state index >= 15 is 0 Å². The van der Waals surface area contributed by atoms with E-state index in [1.807, 2.05) is 36.6 Å². The third kappa shape index (κ3) is 2.77. The summed E-state index contributed by atoms with van der Waals surface area (Å²) in [4.78, 5) is 11.7. The normalized spacial score (nSPS) is 10.9. The molecule has 0 spiro atoms. The van der Waals surface area contributed by atoms with Crippen molar-refractivity contribution >= 4 is 17.2 Å². The number of hydrogen-bond acceptors (Lipinski definition) is 5. The highest BCUT2D eigenvalue weighted by Crippen LogP contribution is 2.44. The Hall–Kier alpha value is -3.15. The molecule has 0 saturated carbocycles. The number of aryl methyl sites for hydroxylation is 2. The van der Waals surface area contributed by atoms with E-state index in [9.17, 15) is 9.90 Å². The van der Waals surface area contributed by atoms with Gasteiger partial charge in [0.05, 0.1) is 32.5 Å². The molecule has 6 nitrogen and oxygen atoms in total. The third-order valence-electron chi connectivity index (χ3n) is 4.86. The lowest BCUT2D eigenvalue weighted by molar-refractivity contribution is 0.112. The van der Waals surface area contributed by atoms with Gasteiger partial charge in [-0.2, -0.15) is 0 Å². The summed E-state index contributed by atoms with van der Waals surface area (Å²) in [5, 5.41) is 11.5. The van der Waals surface area contributed by atoms with Gasteiger partial charge in [-0.05, 0) is 43.7 Å². The van der Waals surface area contributed by atoms with E-state index in [2.05, 4.69) is 0 Å². The molecule has 0 atom stereocenters. The number of fused-ring (bicyclic) bond motifs is 1. The van der Waals surface area contributed by atoms with Crippen LogP contribution in [-0.2, 0) is 6.54 Å². The molecule has 2 aromatic carbocycles. The molecule has 0 aliphatic carbocycles. The Morgan fingerprint density at radius 3 is 2.26 bits per heavy atom. The van der Waals surface area contributed by atoms with Crippen molar-refractivity contribution in [1.82, 2.24) is 4.57 Å². The number of ether oxygens (including phenoxy) is 3. The first-order chi connectivity index (χ1) is 13.0. The van der Waals surface area contributed by atoms with E-state index < -0.39 is 0 Å². The minimum atomic E-state index is 0.0229. The fourth-order valence-corrected chi connectivity index (χ4v) is 3.66. The summed E-state index contributed by atoms with van der Waals surface area (Å²) in [6, 6.07) is 7.23. The van der Waals surface area contributed by atoms with E-state index in [1.165, 1.54) is 7.11 Å². The maximum absolute atomic E-state index is 11.7. The van der Waals surface area contributed by atoms with Crippen molar-refractivity contribution in [1.29, 1.82) is 0 Å². The topological polar surface area (TPSA) is 69.9 Å². The smallest absolute Gasteiger partial charge is 0.182 e. The van der Waals surface area contributed by atoms with Crippen LogP contribution in [0, 0.1) is 6.92 Å². The Balaban J connectivity index is 2.43. The Bertz CT molecular complexity index is 1020. The molecule has 0 radical (unpaired) electrons. The molecule has 1 N–H and O–H groups in total. The van der Waals surface area contributed by atoms with Crippen molar-refractivity contribution in [3.8, 4) is 34.3 Å². The van der Waals surface area contributed by atoms with Crippen LogP contribution < -0.4 is 14.2 Å². The van der Waals surface area contributed by atoms with Gasteiger partial charge in [-0.15, -0.1) is 0 Å². The molecule has 0 amide bonds. The number of nitrogens with zero attached hydrogens (tertiary/aromatic N) is 1. The number of rotatable bonds is 6. The van der Waals surface area contributed by atoms with Crippen LogP contribution in [0.2, 0.25) is 0 Å². The molecule has 0 aliphatic heterocycles. The number of phenolic OH excluding ortho intramolecular Hbond substituents is 1. The number of methoxy groups -OCH3 is 3. The van der Waals surface area contributed by atoms with Crippen molar-refractivity contribution in [2.45, 2.75) is 20.4 Å². The van der Waals surface area contributed by atoms with Crippen LogP contribution >= 0.6 is 0 Å². The maximum atomic E-state index is 11.7. The van der Waals surface area contributed by atoms with Gasteiger partial charge in [0, 0.05) is 23.1 Å². The zero-order valence-corrected chi connectivity index (χ0v) is 16.1. The lowest BCUT2D eigenvalue weighted by Crippen LogP contribution is -1.99. The van der Waals surface area contributed by atoms with Gasteiger partial charge < -0.3 is 23.9 Å². The molecular weight excluding hydrogens is 346 g/mol. The third-order valence-corrected chi connectivity index (χ3v) is 4.86. The van der Waals surface area contributed by atoms with Crippen LogP contribution in [0.1, 0.15) is 22.8 Å². The highest BCUT2D eigenvalue weighted by atomic mass is 16.5.